The molecule has 0 fully saturated rings. The topological polar surface area (TPSA) is 38.0 Å². The van der Waals surface area contributed by atoms with Crippen LogP contribution in [-0.2, 0) is 0 Å². The Labute approximate surface area is 118 Å². The monoisotopic (exact) mass is 326 g/mol. The number of aryl methyl sites for hydroxylation is 1. The van der Waals surface area contributed by atoms with Crippen molar-refractivity contribution in [1.82, 2.24) is 5.43 Å². The summed E-state index contributed by atoms with van der Waals surface area (Å²) in [5.41, 5.74) is 5.12. The molecule has 0 saturated heterocycles. The number of hydrogen-bond donors (Lipinski definition) is 2. The Morgan fingerprint density at radius 1 is 1.11 bits per heavy atom. The van der Waals surface area contributed by atoms with Gasteiger partial charge in [0.15, 0.2) is 11.6 Å². The minimum Gasteiger partial charge on any atom is -0.271 e. The number of nitrogens with two attached hydrogens (primary N) is 1. The summed E-state index contributed by atoms with van der Waals surface area (Å²) >= 11 is 3.44. The summed E-state index contributed by atoms with van der Waals surface area (Å²) in [6.07, 6.45) is 0. The van der Waals surface area contributed by atoms with Crippen LogP contribution in [0.5, 0.6) is 0 Å². The van der Waals surface area contributed by atoms with Gasteiger partial charge >= 0.3 is 0 Å². The number of rotatable bonds is 3. The maximum atomic E-state index is 13.3. The van der Waals surface area contributed by atoms with Crippen LogP contribution in [0.3, 0.4) is 0 Å². The highest BCUT2D eigenvalue weighted by atomic mass is 79.9. The second-order valence-corrected chi connectivity index (χ2v) is 5.15. The molecule has 0 aliphatic carbocycles. The van der Waals surface area contributed by atoms with Crippen LogP contribution >= 0.6 is 15.9 Å². The maximum absolute atomic E-state index is 13.3. The summed E-state index contributed by atoms with van der Waals surface area (Å²) in [4.78, 5) is 0. The minimum atomic E-state index is -0.887. The standard InChI is InChI=1S/C14H13BrF2N2/c1-8-2-4-11(15)10(6-8)14(19-18)9-3-5-12(16)13(17)7-9/h2-7,14,19H,18H2,1H3. The molecule has 0 saturated carbocycles. The van der Waals surface area contributed by atoms with Crippen LogP contribution in [0.1, 0.15) is 22.7 Å². The molecule has 2 aromatic rings. The molecule has 5 heteroatoms. The molecule has 2 rings (SSSR count). The second kappa shape index (κ2) is 5.77. The Morgan fingerprint density at radius 2 is 1.84 bits per heavy atom. The predicted molar refractivity (Wildman–Crippen MR) is 74.4 cm³/mol. The van der Waals surface area contributed by atoms with Crippen molar-refractivity contribution in [1.29, 1.82) is 0 Å². The van der Waals surface area contributed by atoms with Crippen molar-refractivity contribution >= 4 is 15.9 Å². The van der Waals surface area contributed by atoms with Gasteiger partial charge in [0.05, 0.1) is 6.04 Å². The van der Waals surface area contributed by atoms with Gasteiger partial charge in [-0.2, -0.15) is 0 Å². The lowest BCUT2D eigenvalue weighted by Crippen LogP contribution is -2.29. The lowest BCUT2D eigenvalue weighted by molar-refractivity contribution is 0.504. The van der Waals surface area contributed by atoms with Crippen molar-refractivity contribution in [2.24, 2.45) is 5.84 Å². The molecule has 1 unspecified atom stereocenters. The molecule has 0 aliphatic rings. The van der Waals surface area contributed by atoms with Crippen LogP contribution in [0.4, 0.5) is 8.78 Å². The van der Waals surface area contributed by atoms with E-state index in [1.807, 2.05) is 25.1 Å². The fraction of sp³-hybridized carbons (Fsp3) is 0.143. The molecule has 19 heavy (non-hydrogen) atoms. The molecule has 0 spiro atoms. The van der Waals surface area contributed by atoms with E-state index < -0.39 is 17.7 Å². The van der Waals surface area contributed by atoms with Gasteiger partial charge in [0.25, 0.3) is 0 Å². The van der Waals surface area contributed by atoms with Crippen LogP contribution in [0, 0.1) is 18.6 Å². The highest BCUT2D eigenvalue weighted by molar-refractivity contribution is 9.10. The van der Waals surface area contributed by atoms with Crippen LogP contribution in [0.2, 0.25) is 0 Å². The van der Waals surface area contributed by atoms with Gasteiger partial charge in [-0.15, -0.1) is 0 Å². The average Bonchev–Trinajstić information content (AvgIpc) is 2.38. The van der Waals surface area contributed by atoms with Gasteiger partial charge in [-0.05, 0) is 36.2 Å². The summed E-state index contributed by atoms with van der Waals surface area (Å²) in [7, 11) is 0. The van der Waals surface area contributed by atoms with Crippen molar-refractivity contribution < 1.29 is 8.78 Å². The van der Waals surface area contributed by atoms with E-state index in [0.717, 1.165) is 27.7 Å². The number of nitrogens with one attached hydrogen (secondary N) is 1. The summed E-state index contributed by atoms with van der Waals surface area (Å²) in [6.45, 7) is 1.95. The molecular formula is C14H13BrF2N2. The second-order valence-electron chi connectivity index (χ2n) is 4.30. The SMILES string of the molecule is Cc1ccc(Br)c(C(NN)c2ccc(F)c(F)c2)c1. The van der Waals surface area contributed by atoms with E-state index in [1.165, 1.54) is 6.07 Å². The van der Waals surface area contributed by atoms with E-state index >= 15 is 0 Å². The van der Waals surface area contributed by atoms with Gasteiger partial charge < -0.3 is 0 Å². The Hall–Kier alpha value is -1.30. The van der Waals surface area contributed by atoms with E-state index in [2.05, 4.69) is 21.4 Å². The zero-order valence-electron chi connectivity index (χ0n) is 10.3. The molecule has 0 heterocycles. The van der Waals surface area contributed by atoms with Gasteiger partial charge in [-0.3, -0.25) is 5.84 Å². The average molecular weight is 327 g/mol. The highest BCUT2D eigenvalue weighted by Gasteiger charge is 2.17. The maximum Gasteiger partial charge on any atom is 0.159 e. The first-order chi connectivity index (χ1) is 9.02. The quantitative estimate of drug-likeness (QED) is 0.668. The van der Waals surface area contributed by atoms with Gasteiger partial charge in [0.2, 0.25) is 0 Å². The molecule has 2 nitrogen and oxygen atoms in total. The van der Waals surface area contributed by atoms with Gasteiger partial charge in [-0.25, -0.2) is 14.2 Å². The number of halogens is 3. The third kappa shape index (κ3) is 3.00. The lowest BCUT2D eigenvalue weighted by atomic mass is 9.98. The molecule has 3 N–H and O–H groups in total. The molecule has 0 radical (unpaired) electrons. The summed E-state index contributed by atoms with van der Waals surface area (Å²) in [5.74, 6) is 3.80. The Bertz CT molecular complexity index is 602. The molecule has 0 amide bonds. The van der Waals surface area contributed by atoms with Crippen LogP contribution < -0.4 is 11.3 Å². The molecule has 1 atom stereocenters. The van der Waals surface area contributed by atoms with Gasteiger partial charge in [0.1, 0.15) is 0 Å². The van der Waals surface area contributed by atoms with Gasteiger partial charge in [-0.1, -0.05) is 39.7 Å². The van der Waals surface area contributed by atoms with Crippen LogP contribution in [0.25, 0.3) is 0 Å². The number of benzene rings is 2. The molecule has 0 aliphatic heterocycles. The van der Waals surface area contributed by atoms with Crippen molar-refractivity contribution in [2.75, 3.05) is 0 Å². The fourth-order valence-corrected chi connectivity index (χ4v) is 2.42. The fourth-order valence-electron chi connectivity index (χ4n) is 1.94. The van der Waals surface area contributed by atoms with Crippen molar-refractivity contribution in [3.63, 3.8) is 0 Å². The third-order valence-electron chi connectivity index (χ3n) is 2.91. The first-order valence-electron chi connectivity index (χ1n) is 5.70. The first-order valence-corrected chi connectivity index (χ1v) is 6.49. The van der Waals surface area contributed by atoms with Crippen molar-refractivity contribution in [3.8, 4) is 0 Å². The van der Waals surface area contributed by atoms with Crippen LogP contribution in [0.15, 0.2) is 40.9 Å². The van der Waals surface area contributed by atoms with Crippen molar-refractivity contribution in [2.45, 2.75) is 13.0 Å². The lowest BCUT2D eigenvalue weighted by Gasteiger charge is -2.19. The number of hydrogen-bond acceptors (Lipinski definition) is 2. The zero-order chi connectivity index (χ0) is 14.0. The molecule has 0 bridgehead atoms. The number of hydrazine groups is 1. The Balaban J connectivity index is 2.49. The molecule has 100 valence electrons. The summed E-state index contributed by atoms with van der Waals surface area (Å²) in [5, 5.41) is 0. The summed E-state index contributed by atoms with van der Waals surface area (Å²) < 4.78 is 27.1. The van der Waals surface area contributed by atoms with E-state index in [1.54, 1.807) is 0 Å². The molecule has 2 aromatic carbocycles. The van der Waals surface area contributed by atoms with E-state index in [9.17, 15) is 8.78 Å². The highest BCUT2D eigenvalue weighted by Crippen LogP contribution is 2.29. The normalized spacial score (nSPS) is 12.5. The van der Waals surface area contributed by atoms with E-state index in [0.29, 0.717) is 5.56 Å². The third-order valence-corrected chi connectivity index (χ3v) is 3.63. The van der Waals surface area contributed by atoms with E-state index in [-0.39, 0.29) is 0 Å². The zero-order valence-corrected chi connectivity index (χ0v) is 11.8. The Kier molecular flexibility index (Phi) is 4.29. The minimum absolute atomic E-state index is 0.413. The first kappa shape index (κ1) is 14.1. The molecular weight excluding hydrogens is 314 g/mol. The van der Waals surface area contributed by atoms with Crippen LogP contribution in [-0.4, -0.2) is 0 Å². The van der Waals surface area contributed by atoms with Crippen molar-refractivity contribution in [3.05, 3.63) is 69.2 Å². The largest absolute Gasteiger partial charge is 0.271 e. The summed E-state index contributed by atoms with van der Waals surface area (Å²) in [6, 6.07) is 9.13. The Morgan fingerprint density at radius 3 is 2.47 bits per heavy atom. The van der Waals surface area contributed by atoms with Gasteiger partial charge in [0, 0.05) is 4.47 Å². The van der Waals surface area contributed by atoms with E-state index in [4.69, 9.17) is 5.84 Å². The smallest absolute Gasteiger partial charge is 0.159 e. The predicted octanol–water partition coefficient (Wildman–Crippen LogP) is 3.59. The molecule has 0 aromatic heterocycles.